The number of aliphatic hydroxyl groups excluding tert-OH is 6. The van der Waals surface area contributed by atoms with Crippen molar-refractivity contribution in [2.45, 2.75) is 123 Å². The molecule has 0 spiro atoms. The van der Waals surface area contributed by atoms with Crippen molar-refractivity contribution in [2.24, 2.45) is 11.8 Å². The average molecular weight is 683 g/mol. The highest BCUT2D eigenvalue weighted by Crippen LogP contribution is 2.38. The summed E-state index contributed by atoms with van der Waals surface area (Å²) in [6.45, 7) is 8.14. The van der Waals surface area contributed by atoms with E-state index in [4.69, 9.17) is 0 Å². The standard InChI is InChI=1S/2C19H26O5.CH4/c1-11-7-14-4-3-13(12(2)19(14)17(22)8-11)5-6-15(20)9-16(21)10-18(23)24;1-11-7-13-4-3-12(2)16(19(13)17(22)8-11)6-5-14(20)9-15(21)10-18(23)24;/h3-6,11,15-17,20-22H,7-10H2,1-2H3,(H,23,24);3-6,11,14-15,17,20-22H,7-10H2,1-2H3,(H,23,24);1H4/p-2/b2*6-5+;/t11-,15?,16?,17?;11-,14?,15?,17?;/m11./s1. The first kappa shape index (κ1) is 41.8. The molecular formula is C39H54O10-2. The van der Waals surface area contributed by atoms with Gasteiger partial charge in [-0.15, -0.1) is 0 Å². The SMILES string of the molecule is C.Cc1c(/C=C/C(O)CC(O)CC(=O)[O-])ccc2c1C(O)C[C@H](C)C2.Cc1ccc2c(c1/C=C/C(O)CC(O)CC(=O)[O-])C(O)C[C@H](C)C2. The topological polar surface area (TPSA) is 202 Å². The number of hydrogen-bond donors (Lipinski definition) is 6. The molecule has 10 heteroatoms. The molecule has 0 aliphatic heterocycles. The van der Waals surface area contributed by atoms with Crippen LogP contribution in [0.1, 0.15) is 117 Å². The Bertz CT molecular complexity index is 1460. The van der Waals surface area contributed by atoms with Crippen molar-refractivity contribution in [1.82, 2.24) is 0 Å². The van der Waals surface area contributed by atoms with Gasteiger partial charge in [-0.3, -0.25) is 0 Å². The van der Waals surface area contributed by atoms with E-state index in [1.165, 1.54) is 17.7 Å². The van der Waals surface area contributed by atoms with Gasteiger partial charge in [0.1, 0.15) is 0 Å². The predicted octanol–water partition coefficient (Wildman–Crippen LogP) is 2.39. The summed E-state index contributed by atoms with van der Waals surface area (Å²) in [6, 6.07) is 8.01. The first-order valence-electron chi connectivity index (χ1n) is 16.6. The fourth-order valence-corrected chi connectivity index (χ4v) is 6.81. The van der Waals surface area contributed by atoms with Gasteiger partial charge < -0.3 is 50.4 Å². The van der Waals surface area contributed by atoms with Crippen molar-refractivity contribution in [1.29, 1.82) is 0 Å². The second-order valence-electron chi connectivity index (χ2n) is 13.6. The molecule has 0 radical (unpaired) electrons. The van der Waals surface area contributed by atoms with Crippen molar-refractivity contribution >= 4 is 24.1 Å². The molecule has 272 valence electrons. The second kappa shape index (κ2) is 19.1. The zero-order valence-electron chi connectivity index (χ0n) is 28.2. The number of carboxylic acids is 2. The Morgan fingerprint density at radius 1 is 0.755 bits per heavy atom. The second-order valence-corrected chi connectivity index (χ2v) is 13.6. The average Bonchev–Trinajstić information content (AvgIpc) is 2.95. The zero-order chi connectivity index (χ0) is 35.7. The summed E-state index contributed by atoms with van der Waals surface area (Å²) in [5, 5.41) is 80.6. The van der Waals surface area contributed by atoms with Crippen molar-refractivity contribution in [2.75, 3.05) is 0 Å². The Morgan fingerprint density at radius 2 is 1.20 bits per heavy atom. The third-order valence-electron chi connectivity index (χ3n) is 9.11. The van der Waals surface area contributed by atoms with Gasteiger partial charge in [0.15, 0.2) is 0 Å². The van der Waals surface area contributed by atoms with Crippen LogP contribution in [-0.4, -0.2) is 67.0 Å². The van der Waals surface area contributed by atoms with Gasteiger partial charge in [0.25, 0.3) is 0 Å². The van der Waals surface area contributed by atoms with Gasteiger partial charge in [0.2, 0.25) is 0 Å². The zero-order valence-corrected chi connectivity index (χ0v) is 28.2. The number of rotatable bonds is 12. The number of aryl methyl sites for hydroxylation is 1. The highest BCUT2D eigenvalue weighted by Gasteiger charge is 2.26. The number of carbonyl (C=O) groups is 2. The van der Waals surface area contributed by atoms with Crippen molar-refractivity contribution < 1.29 is 50.4 Å². The Balaban J connectivity index is 0.000000333. The number of hydrogen-bond acceptors (Lipinski definition) is 10. The summed E-state index contributed by atoms with van der Waals surface area (Å²) < 4.78 is 0. The molecule has 8 atom stereocenters. The molecule has 2 aliphatic carbocycles. The summed E-state index contributed by atoms with van der Waals surface area (Å²) in [5.41, 5.74) is 7.95. The lowest BCUT2D eigenvalue weighted by atomic mass is 9.79. The van der Waals surface area contributed by atoms with Crippen LogP contribution in [0, 0.1) is 25.7 Å². The Labute approximate surface area is 290 Å². The van der Waals surface area contributed by atoms with E-state index in [0.717, 1.165) is 58.2 Å². The monoisotopic (exact) mass is 682 g/mol. The van der Waals surface area contributed by atoms with Crippen molar-refractivity contribution in [3.8, 4) is 0 Å². The van der Waals surface area contributed by atoms with E-state index in [2.05, 4.69) is 13.8 Å². The van der Waals surface area contributed by atoms with Crippen LogP contribution in [-0.2, 0) is 22.4 Å². The smallest absolute Gasteiger partial charge is 0.0801 e. The van der Waals surface area contributed by atoms with Gasteiger partial charge >= 0.3 is 0 Å². The number of aliphatic hydroxyl groups is 6. The molecule has 10 nitrogen and oxygen atoms in total. The van der Waals surface area contributed by atoms with Crippen molar-refractivity contribution in [3.05, 3.63) is 80.9 Å². The molecule has 2 aromatic carbocycles. The van der Waals surface area contributed by atoms with Gasteiger partial charge in [-0.1, -0.05) is 69.8 Å². The highest BCUT2D eigenvalue weighted by molar-refractivity contribution is 5.65. The van der Waals surface area contributed by atoms with Crippen LogP contribution >= 0.6 is 0 Å². The molecule has 2 aliphatic rings. The Hall–Kier alpha value is -3.38. The van der Waals surface area contributed by atoms with Crippen LogP contribution in [0.25, 0.3) is 12.2 Å². The van der Waals surface area contributed by atoms with Crippen LogP contribution in [0.5, 0.6) is 0 Å². The fourth-order valence-electron chi connectivity index (χ4n) is 6.81. The van der Waals surface area contributed by atoms with E-state index in [9.17, 15) is 50.4 Å². The lowest BCUT2D eigenvalue weighted by Gasteiger charge is -2.29. The van der Waals surface area contributed by atoms with E-state index in [-0.39, 0.29) is 20.3 Å². The van der Waals surface area contributed by atoms with Crippen LogP contribution in [0.2, 0.25) is 0 Å². The lowest BCUT2D eigenvalue weighted by Crippen LogP contribution is -2.29. The Kier molecular flexibility index (Phi) is 16.3. The molecule has 0 fully saturated rings. The largest absolute Gasteiger partial charge is 0.550 e. The van der Waals surface area contributed by atoms with Gasteiger partial charge in [-0.2, -0.15) is 0 Å². The van der Waals surface area contributed by atoms with E-state index in [0.29, 0.717) is 18.3 Å². The minimum Gasteiger partial charge on any atom is -0.550 e. The third-order valence-corrected chi connectivity index (χ3v) is 9.11. The van der Waals surface area contributed by atoms with Crippen molar-refractivity contribution in [3.63, 3.8) is 0 Å². The van der Waals surface area contributed by atoms with Gasteiger partial charge in [-0.05, 0) is 95.9 Å². The van der Waals surface area contributed by atoms with E-state index in [1.807, 2.05) is 38.1 Å². The maximum atomic E-state index is 10.4. The first-order chi connectivity index (χ1) is 22.5. The van der Waals surface area contributed by atoms with Gasteiger partial charge in [0.05, 0.1) is 36.6 Å². The minimum atomic E-state index is -1.34. The molecule has 4 rings (SSSR count). The van der Waals surface area contributed by atoms with Crippen LogP contribution in [0.15, 0.2) is 36.4 Å². The van der Waals surface area contributed by atoms with Crippen LogP contribution < -0.4 is 10.2 Å². The molecule has 0 heterocycles. The summed E-state index contributed by atoms with van der Waals surface area (Å²) >= 11 is 0. The fraction of sp³-hybridized carbons (Fsp3) is 0.538. The number of fused-ring (bicyclic) bond motifs is 2. The summed E-state index contributed by atoms with van der Waals surface area (Å²) in [7, 11) is 0. The van der Waals surface area contributed by atoms with E-state index < -0.39 is 61.4 Å². The normalized spacial score (nSPS) is 22.6. The third kappa shape index (κ3) is 12.5. The van der Waals surface area contributed by atoms with E-state index in [1.54, 1.807) is 12.2 Å². The van der Waals surface area contributed by atoms with Crippen LogP contribution in [0.3, 0.4) is 0 Å². The molecule has 6 N–H and O–H groups in total. The quantitative estimate of drug-likeness (QED) is 0.193. The van der Waals surface area contributed by atoms with Gasteiger partial charge in [-0.25, -0.2) is 0 Å². The van der Waals surface area contributed by atoms with Crippen LogP contribution in [0.4, 0.5) is 0 Å². The molecule has 0 bridgehead atoms. The molecule has 0 amide bonds. The molecule has 49 heavy (non-hydrogen) atoms. The molecule has 2 aromatic rings. The molecule has 6 unspecified atom stereocenters. The molecule has 0 saturated carbocycles. The molecular weight excluding hydrogens is 628 g/mol. The molecule has 0 aromatic heterocycles. The van der Waals surface area contributed by atoms with Gasteiger partial charge in [0, 0.05) is 37.6 Å². The predicted molar refractivity (Wildman–Crippen MR) is 185 cm³/mol. The summed E-state index contributed by atoms with van der Waals surface area (Å²) in [4.78, 5) is 20.9. The molecule has 0 saturated heterocycles. The number of carboxylic acid groups (broad SMARTS) is 2. The minimum absolute atomic E-state index is 0. The lowest BCUT2D eigenvalue weighted by molar-refractivity contribution is -0.309. The summed E-state index contributed by atoms with van der Waals surface area (Å²) in [5.74, 6) is -1.80. The number of aliphatic carboxylic acids is 2. The maximum absolute atomic E-state index is 10.4. The first-order valence-corrected chi connectivity index (χ1v) is 16.6. The number of carbonyl (C=O) groups excluding carboxylic acids is 2. The van der Waals surface area contributed by atoms with E-state index >= 15 is 0 Å². The number of benzene rings is 2. The highest BCUT2D eigenvalue weighted by atomic mass is 16.4. The Morgan fingerprint density at radius 3 is 1.71 bits per heavy atom. The summed E-state index contributed by atoms with van der Waals surface area (Å²) in [6.07, 6.45) is 3.59. The maximum Gasteiger partial charge on any atom is 0.0801 e.